The molecule has 6 nitrogen and oxygen atoms in total. The van der Waals surface area contributed by atoms with E-state index in [4.69, 9.17) is 14.2 Å². The van der Waals surface area contributed by atoms with E-state index in [0.29, 0.717) is 22.8 Å². The van der Waals surface area contributed by atoms with Gasteiger partial charge < -0.3 is 19.2 Å². The number of benzene rings is 2. The van der Waals surface area contributed by atoms with E-state index in [0.717, 1.165) is 22.0 Å². The maximum absolute atomic E-state index is 12.4. The molecule has 0 fully saturated rings. The van der Waals surface area contributed by atoms with Gasteiger partial charge in [-0.25, -0.2) is 4.79 Å². The zero-order valence-electron chi connectivity index (χ0n) is 15.7. The quantitative estimate of drug-likeness (QED) is 0.529. The average molecular weight is 367 g/mol. The van der Waals surface area contributed by atoms with Gasteiger partial charge in [-0.3, -0.25) is 4.79 Å². The molecule has 0 atom stereocenters. The third kappa shape index (κ3) is 3.79. The summed E-state index contributed by atoms with van der Waals surface area (Å²) in [6.07, 6.45) is 0. The standard InChI is InChI=1S/C21H21NO5/c1-12-7-13(2)16-10-18(22-17(16)8-12)21(24)27-11-19(23)15-6-5-14(25-3)9-20(15)26-4/h5-10,22H,11H2,1-4H3. The molecular weight excluding hydrogens is 346 g/mol. The number of carbonyl (C=O) groups is 2. The Morgan fingerprint density at radius 1 is 1.00 bits per heavy atom. The van der Waals surface area contributed by atoms with Crippen LogP contribution in [0.3, 0.4) is 0 Å². The molecule has 0 amide bonds. The maximum Gasteiger partial charge on any atom is 0.355 e. The first kappa shape index (κ1) is 18.5. The summed E-state index contributed by atoms with van der Waals surface area (Å²) in [5.41, 5.74) is 3.67. The van der Waals surface area contributed by atoms with E-state index in [2.05, 4.69) is 4.98 Å². The number of aromatic amines is 1. The minimum absolute atomic E-state index is 0.313. The molecule has 3 aromatic rings. The van der Waals surface area contributed by atoms with Crippen LogP contribution < -0.4 is 9.47 Å². The molecule has 1 aromatic heterocycles. The number of aromatic nitrogens is 1. The van der Waals surface area contributed by atoms with Crippen LogP contribution in [0.2, 0.25) is 0 Å². The van der Waals surface area contributed by atoms with Crippen molar-refractivity contribution in [3.05, 3.63) is 58.8 Å². The van der Waals surface area contributed by atoms with Crippen LogP contribution in [-0.2, 0) is 4.74 Å². The second-order valence-electron chi connectivity index (χ2n) is 6.29. The van der Waals surface area contributed by atoms with Gasteiger partial charge in [0.1, 0.15) is 17.2 Å². The molecule has 0 unspecified atom stereocenters. The first-order valence-electron chi connectivity index (χ1n) is 8.45. The van der Waals surface area contributed by atoms with Crippen LogP contribution in [0.1, 0.15) is 32.0 Å². The molecule has 0 aliphatic heterocycles. The molecule has 0 spiro atoms. The van der Waals surface area contributed by atoms with Gasteiger partial charge in [0.05, 0.1) is 19.8 Å². The van der Waals surface area contributed by atoms with Gasteiger partial charge in [0.15, 0.2) is 6.61 Å². The van der Waals surface area contributed by atoms with Crippen molar-refractivity contribution < 1.29 is 23.8 Å². The number of aryl methyl sites for hydroxylation is 2. The molecule has 0 radical (unpaired) electrons. The van der Waals surface area contributed by atoms with Crippen molar-refractivity contribution in [2.45, 2.75) is 13.8 Å². The summed E-state index contributed by atoms with van der Waals surface area (Å²) in [5, 5.41) is 0.954. The number of hydrogen-bond donors (Lipinski definition) is 1. The molecule has 0 saturated heterocycles. The molecule has 1 N–H and O–H groups in total. The molecule has 0 saturated carbocycles. The second-order valence-corrected chi connectivity index (χ2v) is 6.29. The van der Waals surface area contributed by atoms with Crippen LogP contribution >= 0.6 is 0 Å². The fraction of sp³-hybridized carbons (Fsp3) is 0.238. The van der Waals surface area contributed by atoms with Crippen LogP contribution in [0.4, 0.5) is 0 Å². The van der Waals surface area contributed by atoms with Crippen molar-refractivity contribution >= 4 is 22.7 Å². The number of carbonyl (C=O) groups excluding carboxylic acids is 2. The predicted octanol–water partition coefficient (Wildman–Crippen LogP) is 3.84. The number of methoxy groups -OCH3 is 2. The number of Topliss-reactive ketones (excluding diaryl/α,β-unsaturated/α-hetero) is 1. The van der Waals surface area contributed by atoms with Gasteiger partial charge in [-0.2, -0.15) is 0 Å². The molecule has 1 heterocycles. The van der Waals surface area contributed by atoms with E-state index in [1.807, 2.05) is 26.0 Å². The SMILES string of the molecule is COc1ccc(C(=O)COC(=O)c2cc3c(C)cc(C)cc3[nH]2)c(OC)c1. The Hall–Kier alpha value is -3.28. The molecule has 3 rings (SSSR count). The van der Waals surface area contributed by atoms with Crippen LogP contribution in [0.25, 0.3) is 10.9 Å². The van der Waals surface area contributed by atoms with Crippen LogP contribution in [-0.4, -0.2) is 37.6 Å². The highest BCUT2D eigenvalue weighted by molar-refractivity contribution is 6.02. The Morgan fingerprint density at radius 3 is 2.48 bits per heavy atom. The number of H-pyrrole nitrogens is 1. The molecule has 27 heavy (non-hydrogen) atoms. The maximum atomic E-state index is 12.4. The third-order valence-corrected chi connectivity index (χ3v) is 4.35. The Morgan fingerprint density at radius 2 is 1.78 bits per heavy atom. The Bertz CT molecular complexity index is 1020. The normalized spacial score (nSPS) is 10.7. The van der Waals surface area contributed by atoms with Gasteiger partial charge >= 0.3 is 5.97 Å². The first-order valence-corrected chi connectivity index (χ1v) is 8.45. The molecular formula is C21H21NO5. The molecule has 140 valence electrons. The Kier molecular flexibility index (Phi) is 5.16. The summed E-state index contributed by atoms with van der Waals surface area (Å²) in [4.78, 5) is 27.8. The summed E-state index contributed by atoms with van der Waals surface area (Å²) in [6.45, 7) is 3.60. The van der Waals surface area contributed by atoms with E-state index >= 15 is 0 Å². The summed E-state index contributed by atoms with van der Waals surface area (Å²) in [6, 6.07) is 10.6. The Labute approximate surface area is 157 Å². The van der Waals surface area contributed by atoms with Crippen molar-refractivity contribution in [2.24, 2.45) is 0 Å². The lowest BCUT2D eigenvalue weighted by atomic mass is 10.1. The van der Waals surface area contributed by atoms with Gasteiger partial charge in [0, 0.05) is 17.0 Å². The largest absolute Gasteiger partial charge is 0.497 e. The number of hydrogen-bond acceptors (Lipinski definition) is 5. The zero-order valence-corrected chi connectivity index (χ0v) is 15.7. The lowest BCUT2D eigenvalue weighted by Crippen LogP contribution is -2.15. The summed E-state index contributed by atoms with van der Waals surface area (Å²) in [5.74, 6) is 0.00585. The molecule has 0 aliphatic rings. The van der Waals surface area contributed by atoms with Crippen molar-refractivity contribution in [1.82, 2.24) is 4.98 Å². The Balaban J connectivity index is 1.74. The fourth-order valence-electron chi connectivity index (χ4n) is 3.02. The number of ketones is 1. The molecule has 2 aromatic carbocycles. The topological polar surface area (TPSA) is 77.6 Å². The number of fused-ring (bicyclic) bond motifs is 1. The molecule has 0 aliphatic carbocycles. The first-order chi connectivity index (χ1) is 12.9. The highest BCUT2D eigenvalue weighted by Gasteiger charge is 2.18. The average Bonchev–Trinajstić information content (AvgIpc) is 3.09. The van der Waals surface area contributed by atoms with Crippen molar-refractivity contribution in [3.8, 4) is 11.5 Å². The fourth-order valence-corrected chi connectivity index (χ4v) is 3.02. The van der Waals surface area contributed by atoms with Crippen LogP contribution in [0.5, 0.6) is 11.5 Å². The number of esters is 1. The van der Waals surface area contributed by atoms with E-state index < -0.39 is 5.97 Å². The zero-order chi connectivity index (χ0) is 19.6. The smallest absolute Gasteiger partial charge is 0.355 e. The van der Waals surface area contributed by atoms with Gasteiger partial charge in [-0.15, -0.1) is 0 Å². The van der Waals surface area contributed by atoms with Crippen LogP contribution in [0.15, 0.2) is 36.4 Å². The van der Waals surface area contributed by atoms with E-state index in [9.17, 15) is 9.59 Å². The van der Waals surface area contributed by atoms with Gasteiger partial charge in [0.25, 0.3) is 0 Å². The second kappa shape index (κ2) is 7.53. The van der Waals surface area contributed by atoms with Crippen molar-refractivity contribution in [2.75, 3.05) is 20.8 Å². The monoisotopic (exact) mass is 367 g/mol. The number of rotatable bonds is 6. The third-order valence-electron chi connectivity index (χ3n) is 4.35. The number of nitrogens with one attached hydrogen (secondary N) is 1. The van der Waals surface area contributed by atoms with E-state index in [1.54, 1.807) is 24.3 Å². The van der Waals surface area contributed by atoms with Gasteiger partial charge in [-0.1, -0.05) is 6.07 Å². The van der Waals surface area contributed by atoms with Crippen LogP contribution in [0, 0.1) is 13.8 Å². The minimum Gasteiger partial charge on any atom is -0.497 e. The molecule has 6 heteroatoms. The van der Waals surface area contributed by atoms with Gasteiger partial charge in [0.2, 0.25) is 5.78 Å². The van der Waals surface area contributed by atoms with Crippen molar-refractivity contribution in [3.63, 3.8) is 0 Å². The van der Waals surface area contributed by atoms with Crippen molar-refractivity contribution in [1.29, 1.82) is 0 Å². The lowest BCUT2D eigenvalue weighted by Gasteiger charge is -2.09. The van der Waals surface area contributed by atoms with E-state index in [-0.39, 0.29) is 12.4 Å². The minimum atomic E-state index is -0.580. The van der Waals surface area contributed by atoms with E-state index in [1.165, 1.54) is 14.2 Å². The summed E-state index contributed by atoms with van der Waals surface area (Å²) >= 11 is 0. The highest BCUT2D eigenvalue weighted by atomic mass is 16.5. The predicted molar refractivity (Wildman–Crippen MR) is 102 cm³/mol. The molecule has 0 bridgehead atoms. The summed E-state index contributed by atoms with van der Waals surface area (Å²) in [7, 11) is 2.99. The van der Waals surface area contributed by atoms with Gasteiger partial charge in [-0.05, 0) is 49.2 Å². The lowest BCUT2D eigenvalue weighted by molar-refractivity contribution is 0.0469. The number of ether oxygens (including phenoxy) is 3. The summed E-state index contributed by atoms with van der Waals surface area (Å²) < 4.78 is 15.5. The highest BCUT2D eigenvalue weighted by Crippen LogP contribution is 2.25.